The van der Waals surface area contributed by atoms with Crippen LogP contribution in [0.5, 0.6) is 0 Å². The Labute approximate surface area is 129 Å². The van der Waals surface area contributed by atoms with Gasteiger partial charge < -0.3 is 10.6 Å². The summed E-state index contributed by atoms with van der Waals surface area (Å²) in [5.41, 5.74) is 5.87. The molecular weight excluding hydrogens is 274 g/mol. The molecule has 2 heterocycles. The van der Waals surface area contributed by atoms with Gasteiger partial charge in [-0.15, -0.1) is 12.4 Å². The van der Waals surface area contributed by atoms with E-state index in [-0.39, 0.29) is 12.4 Å². The minimum absolute atomic E-state index is 0. The fourth-order valence-corrected chi connectivity index (χ4v) is 3.49. The lowest BCUT2D eigenvalue weighted by molar-refractivity contribution is -0.136. The van der Waals surface area contributed by atoms with Gasteiger partial charge in [-0.05, 0) is 51.5 Å². The van der Waals surface area contributed by atoms with Crippen molar-refractivity contribution in [2.24, 2.45) is 11.7 Å². The number of hydrogen-bond acceptors (Lipinski definition) is 3. The molecule has 1 amide bonds. The molecule has 3 atom stereocenters. The lowest BCUT2D eigenvalue weighted by Gasteiger charge is -2.40. The van der Waals surface area contributed by atoms with E-state index in [4.69, 9.17) is 5.73 Å². The van der Waals surface area contributed by atoms with Crippen molar-refractivity contribution < 1.29 is 4.79 Å². The molecule has 0 spiro atoms. The first-order valence-electron chi connectivity index (χ1n) is 7.85. The second-order valence-corrected chi connectivity index (χ2v) is 6.42. The molecule has 0 bridgehead atoms. The van der Waals surface area contributed by atoms with Gasteiger partial charge in [-0.25, -0.2) is 0 Å². The number of carbonyl (C=O) groups excluding carboxylic acids is 1. The Balaban J connectivity index is 0.00000200. The second-order valence-electron chi connectivity index (χ2n) is 6.42. The minimum atomic E-state index is 0. The summed E-state index contributed by atoms with van der Waals surface area (Å²) in [5, 5.41) is 0. The lowest BCUT2D eigenvalue weighted by atomic mass is 9.92. The van der Waals surface area contributed by atoms with Gasteiger partial charge in [0, 0.05) is 25.2 Å². The zero-order valence-electron chi connectivity index (χ0n) is 12.9. The molecule has 0 aromatic carbocycles. The number of likely N-dealkylation sites (tertiary alicyclic amines) is 2. The Morgan fingerprint density at radius 3 is 2.60 bits per heavy atom. The van der Waals surface area contributed by atoms with Crippen LogP contribution in [0.25, 0.3) is 0 Å². The van der Waals surface area contributed by atoms with Gasteiger partial charge >= 0.3 is 0 Å². The monoisotopic (exact) mass is 303 g/mol. The van der Waals surface area contributed by atoms with Crippen molar-refractivity contribution in [3.8, 4) is 0 Å². The molecule has 3 unspecified atom stereocenters. The van der Waals surface area contributed by atoms with Gasteiger partial charge in [-0.1, -0.05) is 6.92 Å². The maximum Gasteiger partial charge on any atom is 0.236 e. The number of hydrogen-bond donors (Lipinski definition) is 1. The number of carbonyl (C=O) groups is 1. The molecule has 0 aromatic rings. The van der Waals surface area contributed by atoms with Crippen LogP contribution in [0.1, 0.15) is 46.0 Å². The summed E-state index contributed by atoms with van der Waals surface area (Å²) in [7, 11) is 0. The van der Waals surface area contributed by atoms with Gasteiger partial charge in [0.05, 0.1) is 6.54 Å². The van der Waals surface area contributed by atoms with Crippen LogP contribution in [0.3, 0.4) is 0 Å². The van der Waals surface area contributed by atoms with Crippen molar-refractivity contribution in [1.29, 1.82) is 0 Å². The van der Waals surface area contributed by atoms with Gasteiger partial charge in [0.1, 0.15) is 0 Å². The average Bonchev–Trinajstić information content (AvgIpc) is 2.41. The van der Waals surface area contributed by atoms with Gasteiger partial charge in [0.25, 0.3) is 0 Å². The van der Waals surface area contributed by atoms with Crippen LogP contribution in [-0.2, 0) is 4.79 Å². The Bertz CT molecular complexity index is 313. The van der Waals surface area contributed by atoms with Crippen LogP contribution in [-0.4, -0.2) is 54.0 Å². The molecule has 2 rings (SSSR count). The van der Waals surface area contributed by atoms with E-state index in [1.165, 1.54) is 12.8 Å². The fraction of sp³-hybridized carbons (Fsp3) is 0.933. The molecule has 5 heteroatoms. The number of rotatable bonds is 3. The third-order valence-electron chi connectivity index (χ3n) is 4.83. The maximum atomic E-state index is 12.5. The molecule has 2 aliphatic heterocycles. The number of amides is 1. The zero-order valence-corrected chi connectivity index (χ0v) is 13.7. The standard InChI is InChI=1S/C15H29N3O.ClH/c1-12-6-8-17(14(9-12)10-16)11-15(19)18-7-4-3-5-13(18)2;/h12-14H,3-11,16H2,1-2H3;1H. The fourth-order valence-electron chi connectivity index (χ4n) is 3.49. The smallest absolute Gasteiger partial charge is 0.236 e. The van der Waals surface area contributed by atoms with Crippen LogP contribution in [0.4, 0.5) is 0 Å². The van der Waals surface area contributed by atoms with Crippen LogP contribution in [0.15, 0.2) is 0 Å². The summed E-state index contributed by atoms with van der Waals surface area (Å²) in [6.45, 7) is 7.67. The maximum absolute atomic E-state index is 12.5. The average molecular weight is 304 g/mol. The van der Waals surface area contributed by atoms with Gasteiger partial charge in [-0.3, -0.25) is 9.69 Å². The van der Waals surface area contributed by atoms with Crippen molar-refractivity contribution in [3.63, 3.8) is 0 Å². The van der Waals surface area contributed by atoms with E-state index in [2.05, 4.69) is 23.6 Å². The molecule has 20 heavy (non-hydrogen) atoms. The molecule has 0 aromatic heterocycles. The van der Waals surface area contributed by atoms with Gasteiger partial charge in [0.2, 0.25) is 5.91 Å². The van der Waals surface area contributed by atoms with Crippen molar-refractivity contribution in [1.82, 2.24) is 9.80 Å². The Kier molecular flexibility index (Phi) is 7.27. The van der Waals surface area contributed by atoms with Crippen LogP contribution in [0, 0.1) is 5.92 Å². The van der Waals surface area contributed by atoms with E-state index < -0.39 is 0 Å². The first-order valence-corrected chi connectivity index (χ1v) is 7.85. The normalized spacial score (nSPS) is 31.8. The van der Waals surface area contributed by atoms with E-state index in [9.17, 15) is 4.79 Å². The highest BCUT2D eigenvalue weighted by Crippen LogP contribution is 2.23. The van der Waals surface area contributed by atoms with Gasteiger partial charge in [-0.2, -0.15) is 0 Å². The molecule has 2 fully saturated rings. The summed E-state index contributed by atoms with van der Waals surface area (Å²) in [6.07, 6.45) is 5.91. The van der Waals surface area contributed by atoms with E-state index in [0.717, 1.165) is 38.3 Å². The molecule has 0 radical (unpaired) electrons. The number of nitrogens with zero attached hydrogens (tertiary/aromatic N) is 2. The Morgan fingerprint density at radius 2 is 1.95 bits per heavy atom. The van der Waals surface area contributed by atoms with Crippen LogP contribution >= 0.6 is 12.4 Å². The van der Waals surface area contributed by atoms with Crippen LogP contribution < -0.4 is 5.73 Å². The summed E-state index contributed by atoms with van der Waals surface area (Å²) < 4.78 is 0. The molecule has 2 aliphatic rings. The topological polar surface area (TPSA) is 49.6 Å². The quantitative estimate of drug-likeness (QED) is 0.866. The first kappa shape index (κ1) is 17.7. The second kappa shape index (κ2) is 8.20. The molecule has 4 nitrogen and oxygen atoms in total. The molecule has 2 saturated heterocycles. The molecule has 0 aliphatic carbocycles. The van der Waals surface area contributed by atoms with Crippen molar-refractivity contribution in [3.05, 3.63) is 0 Å². The van der Waals surface area contributed by atoms with E-state index in [0.29, 0.717) is 31.1 Å². The highest BCUT2D eigenvalue weighted by Gasteiger charge is 2.30. The summed E-state index contributed by atoms with van der Waals surface area (Å²) in [4.78, 5) is 16.9. The SMILES string of the molecule is CC1CCN(CC(=O)N2CCCCC2C)C(CN)C1.Cl. The molecular formula is C15H30ClN3O. The Hall–Kier alpha value is -0.320. The number of piperidine rings is 2. The molecule has 118 valence electrons. The number of halogens is 1. The third kappa shape index (κ3) is 4.34. The van der Waals surface area contributed by atoms with Crippen molar-refractivity contribution in [2.45, 2.75) is 58.0 Å². The highest BCUT2D eigenvalue weighted by molar-refractivity contribution is 5.85. The van der Waals surface area contributed by atoms with Gasteiger partial charge in [0.15, 0.2) is 0 Å². The van der Waals surface area contributed by atoms with Crippen molar-refractivity contribution >= 4 is 18.3 Å². The molecule has 0 saturated carbocycles. The predicted octanol–water partition coefficient (Wildman–Crippen LogP) is 1.87. The summed E-state index contributed by atoms with van der Waals surface area (Å²) in [6, 6.07) is 0.814. The zero-order chi connectivity index (χ0) is 13.8. The number of nitrogens with two attached hydrogens (primary N) is 1. The third-order valence-corrected chi connectivity index (χ3v) is 4.83. The van der Waals surface area contributed by atoms with Crippen molar-refractivity contribution in [2.75, 3.05) is 26.2 Å². The highest BCUT2D eigenvalue weighted by atomic mass is 35.5. The van der Waals surface area contributed by atoms with Crippen LogP contribution in [0.2, 0.25) is 0 Å². The van der Waals surface area contributed by atoms with E-state index in [1.54, 1.807) is 0 Å². The predicted molar refractivity (Wildman–Crippen MR) is 85.1 cm³/mol. The minimum Gasteiger partial charge on any atom is -0.339 e. The lowest BCUT2D eigenvalue weighted by Crippen LogP contribution is -2.52. The largest absolute Gasteiger partial charge is 0.339 e. The van der Waals surface area contributed by atoms with E-state index >= 15 is 0 Å². The molecule has 2 N–H and O–H groups in total. The Morgan fingerprint density at radius 1 is 1.20 bits per heavy atom. The summed E-state index contributed by atoms with van der Waals surface area (Å²) in [5.74, 6) is 1.05. The first-order chi connectivity index (χ1) is 9.11. The summed E-state index contributed by atoms with van der Waals surface area (Å²) >= 11 is 0. The van der Waals surface area contributed by atoms with E-state index in [1.807, 2.05) is 0 Å².